The monoisotopic (exact) mass is 241 g/mol. The molecule has 0 spiro atoms. The first-order valence-corrected chi connectivity index (χ1v) is 5.56. The Morgan fingerprint density at radius 2 is 2.12 bits per heavy atom. The van der Waals surface area contributed by atoms with E-state index in [4.69, 9.17) is 16.7 Å². The second-order valence-electron chi connectivity index (χ2n) is 3.88. The van der Waals surface area contributed by atoms with Gasteiger partial charge in [-0.1, -0.05) is 17.7 Å². The smallest absolute Gasteiger partial charge is 0.303 e. The van der Waals surface area contributed by atoms with Crippen LogP contribution < -0.4 is 4.90 Å². The number of hydrogen-bond donors (Lipinski definition) is 1. The van der Waals surface area contributed by atoms with Gasteiger partial charge in [-0.05, 0) is 30.5 Å². The Balaban J connectivity index is 2.80. The standard InChI is InChI=1S/C12H16ClNO2/c1-14(2)11-7-4-6-10(13)9(11)5-3-8-12(15)16/h4,6-7H,3,5,8H2,1-2H3,(H,15,16). The quantitative estimate of drug-likeness (QED) is 0.862. The average molecular weight is 242 g/mol. The summed E-state index contributed by atoms with van der Waals surface area (Å²) < 4.78 is 0. The van der Waals surface area contributed by atoms with Gasteiger partial charge in [-0.25, -0.2) is 0 Å². The number of anilines is 1. The van der Waals surface area contributed by atoms with Crippen molar-refractivity contribution in [2.24, 2.45) is 0 Å². The summed E-state index contributed by atoms with van der Waals surface area (Å²) in [6.45, 7) is 0. The Morgan fingerprint density at radius 3 is 2.69 bits per heavy atom. The molecule has 0 aliphatic carbocycles. The second-order valence-corrected chi connectivity index (χ2v) is 4.29. The number of hydrogen-bond acceptors (Lipinski definition) is 2. The largest absolute Gasteiger partial charge is 0.481 e. The highest BCUT2D eigenvalue weighted by atomic mass is 35.5. The third-order valence-corrected chi connectivity index (χ3v) is 2.75. The van der Waals surface area contributed by atoms with E-state index < -0.39 is 5.97 Å². The Kier molecular flexibility index (Phi) is 4.62. The molecule has 0 fully saturated rings. The highest BCUT2D eigenvalue weighted by molar-refractivity contribution is 6.31. The maximum Gasteiger partial charge on any atom is 0.303 e. The maximum absolute atomic E-state index is 10.4. The van der Waals surface area contributed by atoms with Gasteiger partial charge in [0, 0.05) is 31.2 Å². The molecule has 0 radical (unpaired) electrons. The van der Waals surface area contributed by atoms with Gasteiger partial charge in [0.2, 0.25) is 0 Å². The second kappa shape index (κ2) is 5.75. The Labute approximate surface area is 101 Å². The molecule has 0 saturated carbocycles. The molecule has 0 atom stereocenters. The Hall–Kier alpha value is -1.22. The fraction of sp³-hybridized carbons (Fsp3) is 0.417. The summed E-state index contributed by atoms with van der Waals surface area (Å²) in [6.07, 6.45) is 1.48. The summed E-state index contributed by atoms with van der Waals surface area (Å²) in [7, 11) is 3.90. The van der Waals surface area contributed by atoms with E-state index in [1.807, 2.05) is 37.2 Å². The molecule has 0 aliphatic rings. The van der Waals surface area contributed by atoms with Gasteiger partial charge in [0.1, 0.15) is 0 Å². The van der Waals surface area contributed by atoms with Crippen molar-refractivity contribution in [2.45, 2.75) is 19.3 Å². The van der Waals surface area contributed by atoms with E-state index in [2.05, 4.69) is 0 Å². The van der Waals surface area contributed by atoms with Gasteiger partial charge in [0.15, 0.2) is 0 Å². The molecular formula is C12H16ClNO2. The number of rotatable bonds is 5. The first-order chi connectivity index (χ1) is 7.52. The molecule has 16 heavy (non-hydrogen) atoms. The predicted octanol–water partition coefficient (Wildman–Crippen LogP) is 2.81. The summed E-state index contributed by atoms with van der Waals surface area (Å²) in [5.41, 5.74) is 2.08. The molecule has 0 heterocycles. The molecule has 0 unspecified atom stereocenters. The number of carboxylic acid groups (broad SMARTS) is 1. The fourth-order valence-electron chi connectivity index (χ4n) is 1.63. The number of aliphatic carboxylic acids is 1. The van der Waals surface area contributed by atoms with Gasteiger partial charge in [0.25, 0.3) is 0 Å². The number of nitrogens with zero attached hydrogens (tertiary/aromatic N) is 1. The molecule has 1 aromatic rings. The molecule has 1 N–H and O–H groups in total. The van der Waals surface area contributed by atoms with Crippen molar-refractivity contribution >= 4 is 23.3 Å². The van der Waals surface area contributed by atoms with Crippen molar-refractivity contribution in [3.63, 3.8) is 0 Å². The molecule has 3 nitrogen and oxygen atoms in total. The molecule has 4 heteroatoms. The van der Waals surface area contributed by atoms with Crippen molar-refractivity contribution in [1.29, 1.82) is 0 Å². The molecule has 1 aromatic carbocycles. The van der Waals surface area contributed by atoms with Crippen LogP contribution in [0, 0.1) is 0 Å². The van der Waals surface area contributed by atoms with E-state index >= 15 is 0 Å². The van der Waals surface area contributed by atoms with Gasteiger partial charge in [-0.3, -0.25) is 4.79 Å². The topological polar surface area (TPSA) is 40.5 Å². The summed E-state index contributed by atoms with van der Waals surface area (Å²) >= 11 is 6.11. The summed E-state index contributed by atoms with van der Waals surface area (Å²) in [4.78, 5) is 12.4. The van der Waals surface area contributed by atoms with Crippen molar-refractivity contribution in [2.75, 3.05) is 19.0 Å². The van der Waals surface area contributed by atoms with Gasteiger partial charge in [-0.15, -0.1) is 0 Å². The van der Waals surface area contributed by atoms with Crippen LogP contribution in [0.1, 0.15) is 18.4 Å². The van der Waals surface area contributed by atoms with Gasteiger partial charge < -0.3 is 10.0 Å². The lowest BCUT2D eigenvalue weighted by atomic mass is 10.1. The van der Waals surface area contributed by atoms with Crippen LogP contribution in [0.3, 0.4) is 0 Å². The summed E-state index contributed by atoms with van der Waals surface area (Å²) in [6, 6.07) is 5.73. The number of carboxylic acids is 1. The van der Waals surface area contributed by atoms with Crippen LogP contribution in [0.15, 0.2) is 18.2 Å². The normalized spacial score (nSPS) is 10.2. The van der Waals surface area contributed by atoms with Crippen LogP contribution in [0.4, 0.5) is 5.69 Å². The highest BCUT2D eigenvalue weighted by Gasteiger charge is 2.09. The van der Waals surface area contributed by atoms with Crippen molar-refractivity contribution in [3.05, 3.63) is 28.8 Å². The molecule has 0 aliphatic heterocycles. The zero-order valence-electron chi connectivity index (χ0n) is 9.53. The molecule has 0 bridgehead atoms. The number of carbonyl (C=O) groups is 1. The number of benzene rings is 1. The summed E-state index contributed by atoms with van der Waals surface area (Å²) in [5, 5.41) is 9.30. The van der Waals surface area contributed by atoms with Crippen molar-refractivity contribution in [3.8, 4) is 0 Å². The van der Waals surface area contributed by atoms with E-state index in [0.717, 1.165) is 11.3 Å². The van der Waals surface area contributed by atoms with Crippen LogP contribution in [0.5, 0.6) is 0 Å². The summed E-state index contributed by atoms with van der Waals surface area (Å²) in [5.74, 6) is -0.765. The third kappa shape index (κ3) is 3.42. The van der Waals surface area contributed by atoms with Crippen LogP contribution in [0.2, 0.25) is 5.02 Å². The number of halogens is 1. The maximum atomic E-state index is 10.4. The molecule has 0 saturated heterocycles. The van der Waals surface area contributed by atoms with Crippen LogP contribution in [-0.2, 0) is 11.2 Å². The Bertz CT molecular complexity index is 377. The van der Waals surface area contributed by atoms with Crippen molar-refractivity contribution in [1.82, 2.24) is 0 Å². The zero-order valence-corrected chi connectivity index (χ0v) is 10.3. The van der Waals surface area contributed by atoms with E-state index in [1.165, 1.54) is 0 Å². The molecular weight excluding hydrogens is 226 g/mol. The average Bonchev–Trinajstić information content (AvgIpc) is 2.19. The fourth-order valence-corrected chi connectivity index (χ4v) is 1.89. The minimum Gasteiger partial charge on any atom is -0.481 e. The Morgan fingerprint density at radius 1 is 1.44 bits per heavy atom. The molecule has 88 valence electrons. The minimum absolute atomic E-state index is 0.179. The van der Waals surface area contributed by atoms with E-state index in [-0.39, 0.29) is 6.42 Å². The van der Waals surface area contributed by atoms with Crippen LogP contribution in [0.25, 0.3) is 0 Å². The van der Waals surface area contributed by atoms with Gasteiger partial charge >= 0.3 is 5.97 Å². The van der Waals surface area contributed by atoms with Crippen LogP contribution in [-0.4, -0.2) is 25.2 Å². The van der Waals surface area contributed by atoms with Crippen LogP contribution >= 0.6 is 11.6 Å². The first-order valence-electron chi connectivity index (χ1n) is 5.19. The predicted molar refractivity (Wildman–Crippen MR) is 66.4 cm³/mol. The third-order valence-electron chi connectivity index (χ3n) is 2.39. The van der Waals surface area contributed by atoms with Gasteiger partial charge in [0.05, 0.1) is 0 Å². The minimum atomic E-state index is -0.765. The van der Waals surface area contributed by atoms with E-state index in [0.29, 0.717) is 17.9 Å². The van der Waals surface area contributed by atoms with E-state index in [1.54, 1.807) is 0 Å². The SMILES string of the molecule is CN(C)c1cccc(Cl)c1CCCC(=O)O. The highest BCUT2D eigenvalue weighted by Crippen LogP contribution is 2.27. The zero-order chi connectivity index (χ0) is 12.1. The van der Waals surface area contributed by atoms with Crippen molar-refractivity contribution < 1.29 is 9.90 Å². The van der Waals surface area contributed by atoms with E-state index in [9.17, 15) is 4.79 Å². The lowest BCUT2D eigenvalue weighted by Gasteiger charge is -2.18. The molecule has 1 rings (SSSR count). The first kappa shape index (κ1) is 12.8. The lowest BCUT2D eigenvalue weighted by molar-refractivity contribution is -0.137. The molecule has 0 amide bonds. The van der Waals surface area contributed by atoms with Gasteiger partial charge in [-0.2, -0.15) is 0 Å². The molecule has 0 aromatic heterocycles. The lowest BCUT2D eigenvalue weighted by Crippen LogP contribution is -2.11.